The van der Waals surface area contributed by atoms with Crippen molar-refractivity contribution in [2.24, 2.45) is 11.8 Å². The van der Waals surface area contributed by atoms with Gasteiger partial charge in [0.1, 0.15) is 0 Å². The molecule has 7 aromatic carbocycles. The summed E-state index contributed by atoms with van der Waals surface area (Å²) in [7, 11) is 0. The Hall–Kier alpha value is -5.66. The molecule has 1 nitrogen and oxygen atoms in total. The molecule has 4 aliphatic rings. The highest BCUT2D eigenvalue weighted by atomic mass is 15.1. The van der Waals surface area contributed by atoms with E-state index in [4.69, 9.17) is 0 Å². The second-order valence-corrected chi connectivity index (χ2v) is 15.2. The van der Waals surface area contributed by atoms with E-state index in [1.54, 1.807) is 0 Å². The fraction of sp³-hybridized carbons (Fsp3) is 0.160. The maximum absolute atomic E-state index is 2.46. The van der Waals surface area contributed by atoms with Crippen LogP contribution in [0.3, 0.4) is 0 Å². The molecule has 51 heavy (non-hydrogen) atoms. The minimum atomic E-state index is -0.331. The molecule has 4 aliphatic carbocycles. The van der Waals surface area contributed by atoms with Gasteiger partial charge in [0, 0.05) is 17.1 Å². The Bertz CT molecular complexity index is 2390. The molecule has 3 atom stereocenters. The van der Waals surface area contributed by atoms with Crippen LogP contribution in [0.5, 0.6) is 0 Å². The lowest BCUT2D eigenvalue weighted by atomic mass is 9.70. The Morgan fingerprint density at radius 1 is 0.412 bits per heavy atom. The van der Waals surface area contributed by atoms with Gasteiger partial charge < -0.3 is 4.90 Å². The van der Waals surface area contributed by atoms with Crippen LogP contribution in [0.1, 0.15) is 59.4 Å². The summed E-state index contributed by atoms with van der Waals surface area (Å²) in [5.74, 6) is 2.54. The third-order valence-corrected chi connectivity index (χ3v) is 12.8. The molecule has 0 heterocycles. The highest BCUT2D eigenvalue weighted by Crippen LogP contribution is 2.63. The first-order chi connectivity index (χ1) is 25.3. The fourth-order valence-electron chi connectivity index (χ4n) is 10.6. The van der Waals surface area contributed by atoms with E-state index in [0.717, 1.165) is 17.8 Å². The van der Waals surface area contributed by atoms with Crippen molar-refractivity contribution in [3.05, 3.63) is 198 Å². The molecule has 2 bridgehead atoms. The Balaban J connectivity index is 1.08. The van der Waals surface area contributed by atoms with Gasteiger partial charge in [0.25, 0.3) is 0 Å². The Labute approximate surface area is 300 Å². The Morgan fingerprint density at radius 3 is 1.51 bits per heavy atom. The number of anilines is 3. The van der Waals surface area contributed by atoms with Crippen LogP contribution >= 0.6 is 0 Å². The molecule has 7 aromatic rings. The summed E-state index contributed by atoms with van der Waals surface area (Å²) in [6, 6.07) is 63.9. The molecule has 2 saturated carbocycles. The molecule has 0 saturated heterocycles. The topological polar surface area (TPSA) is 3.24 Å². The predicted octanol–water partition coefficient (Wildman–Crippen LogP) is 13.1. The van der Waals surface area contributed by atoms with Gasteiger partial charge in [-0.3, -0.25) is 0 Å². The van der Waals surface area contributed by atoms with Crippen molar-refractivity contribution in [2.45, 2.75) is 37.0 Å². The lowest BCUT2D eigenvalue weighted by molar-refractivity contribution is 0.420. The minimum absolute atomic E-state index is 0.331. The number of nitrogens with zero attached hydrogens (tertiary/aromatic N) is 1. The molecule has 0 aromatic heterocycles. The van der Waals surface area contributed by atoms with E-state index >= 15 is 0 Å². The first kappa shape index (κ1) is 29.1. The van der Waals surface area contributed by atoms with Crippen molar-refractivity contribution in [2.75, 3.05) is 4.90 Å². The molecule has 11 rings (SSSR count). The van der Waals surface area contributed by atoms with E-state index in [1.165, 1.54) is 104 Å². The van der Waals surface area contributed by atoms with Crippen molar-refractivity contribution in [1.29, 1.82) is 0 Å². The molecular weight excluding hydrogens is 615 g/mol. The van der Waals surface area contributed by atoms with Gasteiger partial charge in [0.2, 0.25) is 0 Å². The average molecular weight is 654 g/mol. The van der Waals surface area contributed by atoms with Gasteiger partial charge in [-0.1, -0.05) is 140 Å². The van der Waals surface area contributed by atoms with Gasteiger partial charge >= 0.3 is 0 Å². The van der Waals surface area contributed by atoms with E-state index in [1.807, 2.05) is 0 Å². The molecule has 244 valence electrons. The normalized spacial score (nSPS) is 19.8. The van der Waals surface area contributed by atoms with Gasteiger partial charge in [0.15, 0.2) is 0 Å². The Morgan fingerprint density at radius 2 is 0.922 bits per heavy atom. The van der Waals surface area contributed by atoms with Gasteiger partial charge in [-0.05, 0) is 135 Å². The van der Waals surface area contributed by atoms with Crippen LogP contribution in [0.15, 0.2) is 170 Å². The first-order valence-corrected chi connectivity index (χ1v) is 18.8. The fourth-order valence-corrected chi connectivity index (χ4v) is 10.6. The van der Waals surface area contributed by atoms with Crippen LogP contribution in [-0.4, -0.2) is 0 Å². The number of hydrogen-bond acceptors (Lipinski definition) is 1. The molecular formula is C50H39N. The zero-order chi connectivity index (χ0) is 33.5. The van der Waals surface area contributed by atoms with Gasteiger partial charge in [0.05, 0.1) is 5.41 Å². The second kappa shape index (κ2) is 11.2. The molecule has 0 amide bonds. The summed E-state index contributed by atoms with van der Waals surface area (Å²) in [6.45, 7) is 0. The third kappa shape index (κ3) is 4.21. The summed E-state index contributed by atoms with van der Waals surface area (Å²) < 4.78 is 0. The van der Waals surface area contributed by atoms with Crippen molar-refractivity contribution in [3.63, 3.8) is 0 Å². The maximum Gasteiger partial charge on any atom is 0.0725 e. The highest BCUT2D eigenvalue weighted by molar-refractivity contribution is 5.96. The van der Waals surface area contributed by atoms with Crippen LogP contribution in [0.2, 0.25) is 0 Å². The average Bonchev–Trinajstić information content (AvgIpc) is 3.98. The van der Waals surface area contributed by atoms with Crippen LogP contribution in [0, 0.1) is 11.8 Å². The molecule has 3 unspecified atom stereocenters. The van der Waals surface area contributed by atoms with E-state index in [9.17, 15) is 0 Å². The lowest BCUT2D eigenvalue weighted by Gasteiger charge is -2.31. The SMILES string of the molecule is c1ccc(-c2ccc(N(c3ccc(C4CC5CCC4C5)cc3)c3ccc4c(c3)-c3ccccc3C43c4ccccc4-c4ccccc43)cc2)cc1. The number of hydrogen-bond donors (Lipinski definition) is 0. The van der Waals surface area contributed by atoms with Crippen molar-refractivity contribution in [3.8, 4) is 33.4 Å². The maximum atomic E-state index is 2.46. The van der Waals surface area contributed by atoms with Gasteiger partial charge in [-0.15, -0.1) is 0 Å². The lowest BCUT2D eigenvalue weighted by Crippen LogP contribution is -2.25. The van der Waals surface area contributed by atoms with Crippen molar-refractivity contribution in [1.82, 2.24) is 0 Å². The van der Waals surface area contributed by atoms with Crippen LogP contribution in [0.25, 0.3) is 33.4 Å². The standard InChI is InChI=1S/C50H39N/c1-2-10-34(11-3-1)35-20-24-38(25-21-35)51(39-26-22-36(23-27-39)44-31-33-18-19-37(44)30-33)40-28-29-49-45(32-40)43-14-6-9-17-48(43)50(49)46-15-7-4-12-41(46)42-13-5-8-16-47(42)50/h1-17,20-29,32-33,37,44H,18-19,30-31H2. The Kier molecular flexibility index (Phi) is 6.38. The zero-order valence-electron chi connectivity index (χ0n) is 28.7. The smallest absolute Gasteiger partial charge is 0.0725 e. The number of benzene rings is 7. The van der Waals surface area contributed by atoms with E-state index in [2.05, 4.69) is 175 Å². The van der Waals surface area contributed by atoms with E-state index < -0.39 is 0 Å². The van der Waals surface area contributed by atoms with E-state index in [-0.39, 0.29) is 5.41 Å². The number of rotatable bonds is 5. The summed E-state index contributed by atoms with van der Waals surface area (Å²) >= 11 is 0. The zero-order valence-corrected chi connectivity index (χ0v) is 28.7. The van der Waals surface area contributed by atoms with Crippen LogP contribution in [-0.2, 0) is 5.41 Å². The summed E-state index contributed by atoms with van der Waals surface area (Å²) in [4.78, 5) is 2.46. The quantitative estimate of drug-likeness (QED) is 0.179. The number of fused-ring (bicyclic) bond motifs is 12. The summed E-state index contributed by atoms with van der Waals surface area (Å²) in [5, 5.41) is 0. The molecule has 0 radical (unpaired) electrons. The largest absolute Gasteiger partial charge is 0.310 e. The summed E-state index contributed by atoms with van der Waals surface area (Å²) in [5.41, 5.74) is 18.1. The molecule has 2 fully saturated rings. The van der Waals surface area contributed by atoms with Crippen LogP contribution in [0.4, 0.5) is 17.1 Å². The molecule has 1 spiro atoms. The van der Waals surface area contributed by atoms with Crippen LogP contribution < -0.4 is 4.90 Å². The third-order valence-electron chi connectivity index (χ3n) is 12.8. The molecule has 1 heteroatoms. The second-order valence-electron chi connectivity index (χ2n) is 15.2. The van der Waals surface area contributed by atoms with E-state index in [0.29, 0.717) is 0 Å². The summed E-state index contributed by atoms with van der Waals surface area (Å²) in [6.07, 6.45) is 5.64. The van der Waals surface area contributed by atoms with Crippen molar-refractivity contribution >= 4 is 17.1 Å². The van der Waals surface area contributed by atoms with Crippen molar-refractivity contribution < 1.29 is 0 Å². The first-order valence-electron chi connectivity index (χ1n) is 18.8. The molecule has 0 N–H and O–H groups in total. The highest BCUT2D eigenvalue weighted by Gasteiger charge is 2.51. The predicted molar refractivity (Wildman–Crippen MR) is 211 cm³/mol. The van der Waals surface area contributed by atoms with Gasteiger partial charge in [-0.25, -0.2) is 0 Å². The molecule has 0 aliphatic heterocycles. The monoisotopic (exact) mass is 653 g/mol. The minimum Gasteiger partial charge on any atom is -0.310 e. The van der Waals surface area contributed by atoms with Gasteiger partial charge in [-0.2, -0.15) is 0 Å².